The maximum atomic E-state index is 12.1. The molecule has 23 heavy (non-hydrogen) atoms. The Morgan fingerprint density at radius 3 is 2.78 bits per heavy atom. The minimum Gasteiger partial charge on any atom is -0.465 e. The second-order valence-corrected chi connectivity index (χ2v) is 7.47. The molecule has 3 rings (SSSR count). The van der Waals surface area contributed by atoms with Crippen molar-refractivity contribution in [3.05, 3.63) is 16.0 Å². The summed E-state index contributed by atoms with van der Waals surface area (Å²) in [7, 11) is 1.30. The third kappa shape index (κ3) is 3.11. The fraction of sp³-hybridized carbons (Fsp3) is 0.429. The Hall–Kier alpha value is -1.87. The first-order valence-electron chi connectivity index (χ1n) is 7.03. The molecule has 0 spiro atoms. The minimum atomic E-state index is -0.726. The number of methoxy groups -OCH3 is 1. The molecular formula is C14H14N2O5S2. The third-order valence-electron chi connectivity index (χ3n) is 3.70. The Morgan fingerprint density at radius 2 is 2.13 bits per heavy atom. The number of rotatable bonds is 4. The number of esters is 1. The number of ether oxygens (including phenoxy) is 1. The molecule has 7 nitrogen and oxygen atoms in total. The first-order valence-corrected chi connectivity index (χ1v) is 8.73. The van der Waals surface area contributed by atoms with Crippen LogP contribution < -0.4 is 10.6 Å². The molecule has 0 radical (unpaired) electrons. The molecule has 0 aromatic carbocycles. The summed E-state index contributed by atoms with van der Waals surface area (Å²) in [4.78, 5) is 47.9. The number of hydrogen-bond acceptors (Lipinski definition) is 7. The summed E-state index contributed by atoms with van der Waals surface area (Å²) in [5, 5.41) is 4.12. The Kier molecular flexibility index (Phi) is 4.40. The number of carbonyl (C=O) groups excluding carboxylic acids is 4. The number of aryl methyl sites for hydroxylation is 1. The van der Waals surface area contributed by atoms with Crippen LogP contribution in [0.2, 0.25) is 0 Å². The van der Waals surface area contributed by atoms with E-state index in [9.17, 15) is 19.2 Å². The highest BCUT2D eigenvalue weighted by molar-refractivity contribution is 8.15. The van der Waals surface area contributed by atoms with Gasteiger partial charge in [-0.2, -0.15) is 0 Å². The molecule has 1 atom stereocenters. The van der Waals surface area contributed by atoms with Crippen molar-refractivity contribution in [1.29, 1.82) is 0 Å². The van der Waals surface area contributed by atoms with Gasteiger partial charge in [0.25, 0.3) is 5.24 Å². The monoisotopic (exact) mass is 354 g/mol. The van der Waals surface area contributed by atoms with Gasteiger partial charge in [-0.25, -0.2) is 4.79 Å². The van der Waals surface area contributed by atoms with E-state index in [4.69, 9.17) is 4.74 Å². The zero-order valence-corrected chi connectivity index (χ0v) is 13.9. The van der Waals surface area contributed by atoms with E-state index < -0.39 is 28.3 Å². The lowest BCUT2D eigenvalue weighted by Gasteiger charge is -2.08. The number of nitrogens with one attached hydrogen (secondary N) is 2. The van der Waals surface area contributed by atoms with Gasteiger partial charge in [-0.1, -0.05) is 11.8 Å². The van der Waals surface area contributed by atoms with Crippen molar-refractivity contribution in [3.63, 3.8) is 0 Å². The summed E-state index contributed by atoms with van der Waals surface area (Å²) in [5.74, 6) is -1.34. The van der Waals surface area contributed by atoms with E-state index in [2.05, 4.69) is 10.6 Å². The molecule has 0 bridgehead atoms. The lowest BCUT2D eigenvalue weighted by molar-refractivity contribution is -0.122. The molecule has 1 saturated heterocycles. The topological polar surface area (TPSA) is 102 Å². The fourth-order valence-corrected chi connectivity index (χ4v) is 4.80. The van der Waals surface area contributed by atoms with Crippen LogP contribution in [-0.2, 0) is 27.2 Å². The molecule has 3 amide bonds. The van der Waals surface area contributed by atoms with Gasteiger partial charge in [0.1, 0.15) is 10.3 Å². The van der Waals surface area contributed by atoms with Crippen LogP contribution in [0.5, 0.6) is 0 Å². The summed E-state index contributed by atoms with van der Waals surface area (Å²) in [6.45, 7) is 0. The average Bonchev–Trinajstić information content (AvgIpc) is 3.13. The van der Waals surface area contributed by atoms with E-state index in [1.165, 1.54) is 18.4 Å². The second kappa shape index (κ2) is 6.32. The maximum Gasteiger partial charge on any atom is 0.341 e. The number of carbonyl (C=O) groups is 4. The maximum absolute atomic E-state index is 12.1. The normalized spacial score (nSPS) is 19.4. The number of thioether (sulfide) groups is 1. The van der Waals surface area contributed by atoms with Crippen LogP contribution >= 0.6 is 23.1 Å². The number of anilines is 1. The standard InChI is InChI=1S/C14H14N2O5S2/c1-21-13(19)10-6-3-2-4-7(6)22-12(10)15-9(17)5-8-11(18)16-14(20)23-8/h8H,2-5H2,1H3,(H,15,17)(H,16,18,20)/t8-/m1/s1. The molecule has 2 heterocycles. The van der Waals surface area contributed by atoms with E-state index in [0.29, 0.717) is 10.6 Å². The first-order chi connectivity index (χ1) is 11.0. The number of hydrogen-bond donors (Lipinski definition) is 2. The molecule has 9 heteroatoms. The van der Waals surface area contributed by atoms with Crippen molar-refractivity contribution in [2.45, 2.75) is 30.9 Å². The SMILES string of the molecule is COC(=O)c1c(NC(=O)C[C@H]2SC(=O)NC2=O)sc2c1CCC2. The Bertz CT molecular complexity index is 712. The predicted molar refractivity (Wildman–Crippen MR) is 85.8 cm³/mol. The lowest BCUT2D eigenvalue weighted by Crippen LogP contribution is -2.27. The first kappa shape index (κ1) is 16.0. The molecule has 1 aliphatic carbocycles. The van der Waals surface area contributed by atoms with Crippen LogP contribution in [0.3, 0.4) is 0 Å². The van der Waals surface area contributed by atoms with Crippen LogP contribution in [0.1, 0.15) is 33.6 Å². The summed E-state index contributed by atoms with van der Waals surface area (Å²) >= 11 is 2.18. The molecule has 1 fully saturated rings. The fourth-order valence-electron chi connectivity index (χ4n) is 2.68. The van der Waals surface area contributed by atoms with Gasteiger partial charge in [0.05, 0.1) is 12.7 Å². The minimum absolute atomic E-state index is 0.120. The van der Waals surface area contributed by atoms with Gasteiger partial charge in [-0.3, -0.25) is 19.7 Å². The lowest BCUT2D eigenvalue weighted by atomic mass is 10.1. The van der Waals surface area contributed by atoms with Gasteiger partial charge in [0.2, 0.25) is 11.8 Å². The number of amides is 3. The molecule has 2 N–H and O–H groups in total. The largest absolute Gasteiger partial charge is 0.465 e. The summed E-state index contributed by atoms with van der Waals surface area (Å²) in [6, 6.07) is 0. The second-order valence-electron chi connectivity index (χ2n) is 5.19. The molecule has 2 aliphatic rings. The van der Waals surface area contributed by atoms with Crippen molar-refractivity contribution >= 4 is 51.1 Å². The van der Waals surface area contributed by atoms with Gasteiger partial charge in [0.15, 0.2) is 0 Å². The molecule has 1 aromatic rings. The van der Waals surface area contributed by atoms with Crippen LogP contribution in [-0.4, -0.2) is 35.4 Å². The number of imide groups is 1. The van der Waals surface area contributed by atoms with Gasteiger partial charge in [-0.15, -0.1) is 11.3 Å². The summed E-state index contributed by atoms with van der Waals surface area (Å²) in [6.07, 6.45) is 2.54. The van der Waals surface area contributed by atoms with Gasteiger partial charge < -0.3 is 10.1 Å². The highest BCUT2D eigenvalue weighted by Crippen LogP contribution is 2.39. The molecule has 1 aliphatic heterocycles. The number of fused-ring (bicyclic) bond motifs is 1. The quantitative estimate of drug-likeness (QED) is 0.798. The van der Waals surface area contributed by atoms with Crippen molar-refractivity contribution in [2.24, 2.45) is 0 Å². The zero-order chi connectivity index (χ0) is 16.6. The highest BCUT2D eigenvalue weighted by atomic mass is 32.2. The summed E-state index contributed by atoms with van der Waals surface area (Å²) in [5.41, 5.74) is 1.36. The van der Waals surface area contributed by atoms with Crippen molar-refractivity contribution < 1.29 is 23.9 Å². The van der Waals surface area contributed by atoms with E-state index in [1.54, 1.807) is 0 Å². The van der Waals surface area contributed by atoms with E-state index in [-0.39, 0.29) is 6.42 Å². The van der Waals surface area contributed by atoms with Gasteiger partial charge in [-0.05, 0) is 24.8 Å². The molecule has 0 saturated carbocycles. The van der Waals surface area contributed by atoms with Crippen molar-refractivity contribution in [3.8, 4) is 0 Å². The van der Waals surface area contributed by atoms with E-state index >= 15 is 0 Å². The molecular weight excluding hydrogens is 340 g/mol. The van der Waals surface area contributed by atoms with Gasteiger partial charge >= 0.3 is 5.97 Å². The van der Waals surface area contributed by atoms with E-state index in [0.717, 1.165) is 41.5 Å². The Labute approximate surface area is 140 Å². The Balaban J connectivity index is 1.75. The smallest absolute Gasteiger partial charge is 0.341 e. The molecule has 122 valence electrons. The average molecular weight is 354 g/mol. The predicted octanol–water partition coefficient (Wildman–Crippen LogP) is 1.70. The van der Waals surface area contributed by atoms with Gasteiger partial charge in [0, 0.05) is 11.3 Å². The van der Waals surface area contributed by atoms with Crippen LogP contribution in [0.25, 0.3) is 0 Å². The van der Waals surface area contributed by atoms with Crippen LogP contribution in [0, 0.1) is 0 Å². The van der Waals surface area contributed by atoms with Crippen LogP contribution in [0.4, 0.5) is 9.80 Å². The van der Waals surface area contributed by atoms with E-state index in [1.807, 2.05) is 0 Å². The van der Waals surface area contributed by atoms with Crippen LogP contribution in [0.15, 0.2) is 0 Å². The molecule has 0 unspecified atom stereocenters. The zero-order valence-electron chi connectivity index (χ0n) is 12.3. The number of thiophene rings is 1. The van der Waals surface area contributed by atoms with Crippen molar-refractivity contribution in [2.75, 3.05) is 12.4 Å². The van der Waals surface area contributed by atoms with Crippen molar-refractivity contribution in [1.82, 2.24) is 5.32 Å². The molecule has 1 aromatic heterocycles. The third-order valence-corrected chi connectivity index (χ3v) is 5.89. The summed E-state index contributed by atoms with van der Waals surface area (Å²) < 4.78 is 4.81. The highest BCUT2D eigenvalue weighted by Gasteiger charge is 2.34. The Morgan fingerprint density at radius 1 is 1.35 bits per heavy atom.